The zero-order chi connectivity index (χ0) is 26.9. The van der Waals surface area contributed by atoms with E-state index in [-0.39, 0.29) is 33.9 Å². The number of rotatable bonds is 7. The van der Waals surface area contributed by atoms with Crippen molar-refractivity contribution in [2.45, 2.75) is 19.0 Å². The van der Waals surface area contributed by atoms with Gasteiger partial charge in [-0.2, -0.15) is 0 Å². The largest absolute Gasteiger partial charge is 0.495 e. The topological polar surface area (TPSA) is 106 Å². The first-order chi connectivity index (χ1) is 17.7. The first-order valence-electron chi connectivity index (χ1n) is 11.2. The third kappa shape index (κ3) is 5.39. The van der Waals surface area contributed by atoms with Crippen molar-refractivity contribution in [3.8, 4) is 22.6 Å². The summed E-state index contributed by atoms with van der Waals surface area (Å²) in [6, 6.07) is 4.43. The molecule has 0 bridgehead atoms. The van der Waals surface area contributed by atoms with Gasteiger partial charge < -0.3 is 25.0 Å². The lowest BCUT2D eigenvalue weighted by Crippen LogP contribution is -2.45. The van der Waals surface area contributed by atoms with E-state index >= 15 is 0 Å². The van der Waals surface area contributed by atoms with E-state index in [1.807, 2.05) is 0 Å². The van der Waals surface area contributed by atoms with Gasteiger partial charge in [0.2, 0.25) is 17.8 Å². The molecule has 2 aromatic carbocycles. The van der Waals surface area contributed by atoms with Gasteiger partial charge in [-0.15, -0.1) is 0 Å². The van der Waals surface area contributed by atoms with Crippen LogP contribution in [-0.2, 0) is 9.59 Å². The molecule has 1 aliphatic rings. The molecule has 12 heteroatoms. The van der Waals surface area contributed by atoms with E-state index in [9.17, 15) is 9.59 Å². The van der Waals surface area contributed by atoms with Gasteiger partial charge in [0.05, 0.1) is 46.9 Å². The highest BCUT2D eigenvalue weighted by atomic mass is 35.5. The number of nitrogens with zero attached hydrogens (tertiary/aromatic N) is 3. The maximum Gasteiger partial charge on any atom is 0.243 e. The van der Waals surface area contributed by atoms with Gasteiger partial charge in [0, 0.05) is 48.8 Å². The number of amides is 2. The number of nitrogens with one attached hydrogen (secondary N) is 2. The molecule has 2 N–H and O–H groups in total. The van der Waals surface area contributed by atoms with Crippen molar-refractivity contribution >= 4 is 63.5 Å². The number of hydrogen-bond acceptors (Lipinski definition) is 7. The molecule has 3 aromatic rings. The Balaban J connectivity index is 1.69. The minimum Gasteiger partial charge on any atom is -0.495 e. The van der Waals surface area contributed by atoms with E-state index in [4.69, 9.17) is 44.3 Å². The smallest absolute Gasteiger partial charge is 0.243 e. The molecule has 1 aromatic heterocycles. The lowest BCUT2D eigenvalue weighted by Gasteiger charge is -2.20. The first kappa shape index (κ1) is 26.8. The Morgan fingerprint density at radius 2 is 1.73 bits per heavy atom. The monoisotopic (exact) mass is 563 g/mol. The van der Waals surface area contributed by atoms with E-state index in [1.54, 1.807) is 29.3 Å². The van der Waals surface area contributed by atoms with Gasteiger partial charge >= 0.3 is 0 Å². The van der Waals surface area contributed by atoms with Gasteiger partial charge in [-0.25, -0.2) is 9.97 Å². The number of hydrogen-bond donors (Lipinski definition) is 2. The summed E-state index contributed by atoms with van der Waals surface area (Å²) in [6.07, 6.45) is 2.83. The Kier molecular flexibility index (Phi) is 7.96. The molecule has 0 aliphatic carbocycles. The molecule has 4 rings (SSSR count). The van der Waals surface area contributed by atoms with Crippen LogP contribution in [0.5, 0.6) is 11.5 Å². The van der Waals surface area contributed by atoms with Crippen LogP contribution in [0.1, 0.15) is 6.92 Å². The van der Waals surface area contributed by atoms with E-state index in [2.05, 4.69) is 27.2 Å². The summed E-state index contributed by atoms with van der Waals surface area (Å²) in [5.41, 5.74) is 1.59. The Labute approximate surface area is 228 Å². The SMILES string of the molecule is C=CC(=O)N[C@H]1CN(C(C)=O)C[C@H]1Nc1ncc2cc(-c3c(Cl)c(OC)cc(OC)c3Cl)c(Cl)cc2n1. The molecular weight excluding hydrogens is 541 g/mol. The maximum absolute atomic E-state index is 11.9. The van der Waals surface area contributed by atoms with Gasteiger partial charge in [0.25, 0.3) is 0 Å². The highest BCUT2D eigenvalue weighted by Gasteiger charge is 2.35. The second kappa shape index (κ2) is 11.0. The summed E-state index contributed by atoms with van der Waals surface area (Å²) < 4.78 is 10.7. The molecule has 1 fully saturated rings. The molecule has 0 saturated carbocycles. The van der Waals surface area contributed by atoms with Gasteiger partial charge in [0.1, 0.15) is 11.5 Å². The van der Waals surface area contributed by atoms with Crippen LogP contribution in [0, 0.1) is 0 Å². The second-order valence-corrected chi connectivity index (χ2v) is 9.53. The number of fused-ring (bicyclic) bond motifs is 1. The maximum atomic E-state index is 11.9. The number of aromatic nitrogens is 2. The predicted octanol–water partition coefficient (Wildman–Crippen LogP) is 4.59. The Bertz CT molecular complexity index is 1370. The van der Waals surface area contributed by atoms with Crippen molar-refractivity contribution in [1.82, 2.24) is 20.2 Å². The lowest BCUT2D eigenvalue weighted by molar-refractivity contribution is -0.128. The highest BCUT2D eigenvalue weighted by Crippen LogP contribution is 2.48. The molecule has 1 aliphatic heterocycles. The zero-order valence-corrected chi connectivity index (χ0v) is 22.5. The number of ether oxygens (including phenoxy) is 2. The molecule has 194 valence electrons. The van der Waals surface area contributed by atoms with Crippen molar-refractivity contribution in [2.75, 3.05) is 32.6 Å². The third-order valence-electron chi connectivity index (χ3n) is 6.10. The fraction of sp³-hybridized carbons (Fsp3) is 0.280. The summed E-state index contributed by atoms with van der Waals surface area (Å²) in [4.78, 5) is 34.5. The number of anilines is 1. The van der Waals surface area contributed by atoms with Crippen molar-refractivity contribution < 1.29 is 19.1 Å². The standard InChI is InChI=1S/C25H24Cl3N5O4/c1-5-21(35)30-17-10-33(12(2)34)11-18(17)32-25-29-9-13-6-14(15(26)7-16(13)31-25)22-23(27)19(36-3)8-20(37-4)24(22)28/h5-9,17-18H,1,10-11H2,2-4H3,(H,30,35)(H,29,31,32)/t17-,18+/m0/s1. The van der Waals surface area contributed by atoms with Crippen molar-refractivity contribution in [3.63, 3.8) is 0 Å². The average molecular weight is 565 g/mol. The normalized spacial score (nSPS) is 17.0. The Hall–Kier alpha value is -3.27. The van der Waals surface area contributed by atoms with Crippen LogP contribution in [0.2, 0.25) is 15.1 Å². The van der Waals surface area contributed by atoms with Crippen molar-refractivity contribution in [3.05, 3.63) is 52.1 Å². The van der Waals surface area contributed by atoms with Crippen molar-refractivity contribution in [1.29, 1.82) is 0 Å². The highest BCUT2D eigenvalue weighted by molar-refractivity contribution is 6.43. The fourth-order valence-corrected chi connectivity index (χ4v) is 5.15. The minimum absolute atomic E-state index is 0.0904. The summed E-state index contributed by atoms with van der Waals surface area (Å²) in [5.74, 6) is 0.682. The second-order valence-electron chi connectivity index (χ2n) is 8.36. The van der Waals surface area contributed by atoms with Crippen LogP contribution in [0.15, 0.2) is 37.1 Å². The van der Waals surface area contributed by atoms with Gasteiger partial charge in [-0.3, -0.25) is 9.59 Å². The van der Waals surface area contributed by atoms with E-state index in [0.29, 0.717) is 57.6 Å². The van der Waals surface area contributed by atoms with Crippen LogP contribution in [-0.4, -0.2) is 66.1 Å². The van der Waals surface area contributed by atoms with Crippen LogP contribution in [0.3, 0.4) is 0 Å². The van der Waals surface area contributed by atoms with E-state index in [0.717, 1.165) is 0 Å². The summed E-state index contributed by atoms with van der Waals surface area (Å²) >= 11 is 19.8. The molecule has 9 nitrogen and oxygen atoms in total. The Morgan fingerprint density at radius 3 is 2.32 bits per heavy atom. The lowest BCUT2D eigenvalue weighted by atomic mass is 10.0. The summed E-state index contributed by atoms with van der Waals surface area (Å²) in [6.45, 7) is 5.71. The zero-order valence-electron chi connectivity index (χ0n) is 20.3. The summed E-state index contributed by atoms with van der Waals surface area (Å²) in [7, 11) is 2.99. The Morgan fingerprint density at radius 1 is 1.08 bits per heavy atom. The molecule has 0 spiro atoms. The number of carbonyl (C=O) groups excluding carboxylic acids is 2. The molecule has 2 heterocycles. The molecule has 1 saturated heterocycles. The number of methoxy groups -OCH3 is 2. The average Bonchev–Trinajstić information content (AvgIpc) is 3.26. The molecular formula is C25H24Cl3N5O4. The summed E-state index contributed by atoms with van der Waals surface area (Å²) in [5, 5.41) is 7.70. The minimum atomic E-state index is -0.341. The first-order valence-corrected chi connectivity index (χ1v) is 12.3. The number of carbonyl (C=O) groups is 2. The number of benzene rings is 2. The molecule has 37 heavy (non-hydrogen) atoms. The van der Waals surface area contributed by atoms with E-state index in [1.165, 1.54) is 27.2 Å². The number of halogens is 3. The fourth-order valence-electron chi connectivity index (χ4n) is 4.20. The van der Waals surface area contributed by atoms with Crippen LogP contribution >= 0.6 is 34.8 Å². The third-order valence-corrected chi connectivity index (χ3v) is 7.17. The molecule has 0 radical (unpaired) electrons. The van der Waals surface area contributed by atoms with E-state index < -0.39 is 0 Å². The number of likely N-dealkylation sites (tertiary alicyclic amines) is 1. The van der Waals surface area contributed by atoms with Gasteiger partial charge in [-0.05, 0) is 18.2 Å². The van der Waals surface area contributed by atoms with Crippen LogP contribution < -0.4 is 20.1 Å². The molecule has 0 unspecified atom stereocenters. The van der Waals surface area contributed by atoms with Crippen LogP contribution in [0.25, 0.3) is 22.0 Å². The molecule has 2 atom stereocenters. The predicted molar refractivity (Wildman–Crippen MR) is 145 cm³/mol. The van der Waals surface area contributed by atoms with Crippen LogP contribution in [0.4, 0.5) is 5.95 Å². The quantitative estimate of drug-likeness (QED) is 0.405. The van der Waals surface area contributed by atoms with Crippen molar-refractivity contribution in [2.24, 2.45) is 0 Å². The van der Waals surface area contributed by atoms with Gasteiger partial charge in [-0.1, -0.05) is 41.4 Å². The molecule has 2 amide bonds. The van der Waals surface area contributed by atoms with Gasteiger partial charge in [0.15, 0.2) is 0 Å².